The molecular weight excluding hydrogens is 366 g/mol. The molecule has 0 radical (unpaired) electrons. The van der Waals surface area contributed by atoms with E-state index < -0.39 is 6.43 Å². The number of alkyl halides is 2. The first-order chi connectivity index (χ1) is 13.7. The van der Waals surface area contributed by atoms with Crippen molar-refractivity contribution in [2.24, 2.45) is 0 Å². The van der Waals surface area contributed by atoms with Gasteiger partial charge in [-0.3, -0.25) is 0 Å². The average molecular weight is 382 g/mol. The van der Waals surface area contributed by atoms with Gasteiger partial charge in [0.15, 0.2) is 5.65 Å². The molecule has 1 aliphatic heterocycles. The highest BCUT2D eigenvalue weighted by Crippen LogP contribution is 2.30. The van der Waals surface area contributed by atoms with E-state index in [-0.39, 0.29) is 5.69 Å². The number of rotatable bonds is 4. The molecule has 0 amide bonds. The summed E-state index contributed by atoms with van der Waals surface area (Å²) >= 11 is 0. The molecule has 0 aromatic carbocycles. The quantitative estimate of drug-likeness (QED) is 0.584. The minimum absolute atomic E-state index is 0.303. The number of halogens is 2. The monoisotopic (exact) mass is 382 g/mol. The number of aromatic amines is 1. The van der Waals surface area contributed by atoms with Gasteiger partial charge in [-0.2, -0.15) is 5.10 Å². The summed E-state index contributed by atoms with van der Waals surface area (Å²) in [6.45, 7) is 1.68. The van der Waals surface area contributed by atoms with Crippen molar-refractivity contribution in [2.45, 2.75) is 18.8 Å². The number of aromatic nitrogens is 7. The zero-order valence-corrected chi connectivity index (χ0v) is 14.7. The molecule has 142 valence electrons. The smallest absolute Gasteiger partial charge is 0.282 e. The second-order valence-corrected chi connectivity index (χ2v) is 6.67. The van der Waals surface area contributed by atoms with Gasteiger partial charge in [-0.1, -0.05) is 0 Å². The van der Waals surface area contributed by atoms with Crippen LogP contribution in [-0.2, 0) is 0 Å². The Labute approximate surface area is 158 Å². The van der Waals surface area contributed by atoms with Gasteiger partial charge in [0, 0.05) is 37.0 Å². The molecule has 0 saturated carbocycles. The summed E-state index contributed by atoms with van der Waals surface area (Å²) in [7, 11) is 0. The lowest BCUT2D eigenvalue weighted by Crippen LogP contribution is -2.20. The molecule has 0 aliphatic carbocycles. The minimum Gasteiger partial charge on any atom is -0.356 e. The van der Waals surface area contributed by atoms with Gasteiger partial charge < -0.3 is 9.88 Å². The molecule has 1 saturated heterocycles. The van der Waals surface area contributed by atoms with Crippen LogP contribution in [0.4, 0.5) is 14.6 Å². The maximum Gasteiger partial charge on any atom is 0.282 e. The fourth-order valence-corrected chi connectivity index (χ4v) is 3.55. The van der Waals surface area contributed by atoms with E-state index in [4.69, 9.17) is 0 Å². The zero-order chi connectivity index (χ0) is 19.1. The Kier molecular flexibility index (Phi) is 3.96. The number of hydrogen-bond donors (Lipinski definition) is 1. The highest BCUT2D eigenvalue weighted by molar-refractivity contribution is 5.62. The molecule has 1 N–H and O–H groups in total. The first-order valence-corrected chi connectivity index (χ1v) is 8.87. The van der Waals surface area contributed by atoms with E-state index in [9.17, 15) is 8.78 Å². The fourth-order valence-electron chi connectivity index (χ4n) is 3.55. The van der Waals surface area contributed by atoms with Crippen LogP contribution in [0.25, 0.3) is 17.0 Å². The van der Waals surface area contributed by atoms with Gasteiger partial charge in [-0.25, -0.2) is 33.2 Å². The third kappa shape index (κ3) is 2.86. The van der Waals surface area contributed by atoms with Crippen molar-refractivity contribution in [3.8, 4) is 11.4 Å². The molecule has 0 bridgehead atoms. The zero-order valence-electron chi connectivity index (χ0n) is 14.7. The predicted octanol–water partition coefficient (Wildman–Crippen LogP) is 2.84. The fraction of sp³-hybridized carbons (Fsp3) is 0.278. The second-order valence-electron chi connectivity index (χ2n) is 6.67. The number of imidazole rings is 2. The van der Waals surface area contributed by atoms with Crippen molar-refractivity contribution in [3.63, 3.8) is 0 Å². The summed E-state index contributed by atoms with van der Waals surface area (Å²) in [5, 5.41) is 4.00. The van der Waals surface area contributed by atoms with E-state index in [1.165, 1.54) is 23.0 Å². The van der Waals surface area contributed by atoms with Crippen LogP contribution in [0, 0.1) is 0 Å². The summed E-state index contributed by atoms with van der Waals surface area (Å²) in [5.74, 6) is 1.15. The summed E-state index contributed by atoms with van der Waals surface area (Å²) in [4.78, 5) is 22.4. The SMILES string of the molecule is FC(F)c1ccc2ncc(-c3cc(N4CCC(c5cnc[nH]5)C4)ncn3)n2n1. The Balaban J connectivity index is 1.46. The Morgan fingerprint density at radius 2 is 2.07 bits per heavy atom. The van der Waals surface area contributed by atoms with Crippen molar-refractivity contribution in [1.82, 2.24) is 34.5 Å². The van der Waals surface area contributed by atoms with Gasteiger partial charge in [-0.05, 0) is 18.6 Å². The molecule has 5 rings (SSSR count). The van der Waals surface area contributed by atoms with Gasteiger partial charge in [0.2, 0.25) is 0 Å². The Morgan fingerprint density at radius 3 is 2.89 bits per heavy atom. The number of nitrogens with zero attached hydrogens (tertiary/aromatic N) is 7. The van der Waals surface area contributed by atoms with Crippen molar-refractivity contribution < 1.29 is 8.78 Å². The van der Waals surface area contributed by atoms with Crippen molar-refractivity contribution in [2.75, 3.05) is 18.0 Å². The summed E-state index contributed by atoms with van der Waals surface area (Å²) in [6.07, 6.45) is 4.95. The maximum atomic E-state index is 13.0. The standard InChI is InChI=1S/C18H16F2N8/c19-18(20)12-1-2-16-22-7-15(28(16)26-12)13-5-17(25-10-24-13)27-4-3-11(8-27)14-6-21-9-23-14/h1-2,5-7,9-11,18H,3-4,8H2,(H,21,23). The Bertz CT molecular complexity index is 1110. The molecule has 1 aliphatic rings. The molecule has 1 atom stereocenters. The number of nitrogens with one attached hydrogen (secondary N) is 1. The average Bonchev–Trinajstić information content (AvgIpc) is 3.47. The lowest BCUT2D eigenvalue weighted by Gasteiger charge is -2.17. The summed E-state index contributed by atoms with van der Waals surface area (Å²) in [5.41, 5.74) is 2.43. The number of fused-ring (bicyclic) bond motifs is 1. The first kappa shape index (κ1) is 16.7. The third-order valence-corrected chi connectivity index (χ3v) is 4.99. The predicted molar refractivity (Wildman–Crippen MR) is 97.1 cm³/mol. The second kappa shape index (κ2) is 6.63. The molecule has 0 spiro atoms. The van der Waals surface area contributed by atoms with Crippen LogP contribution in [0.15, 0.2) is 43.2 Å². The highest BCUT2D eigenvalue weighted by atomic mass is 19.3. The number of hydrogen-bond acceptors (Lipinski definition) is 6. The van der Waals surface area contributed by atoms with Crippen LogP contribution >= 0.6 is 0 Å². The molecule has 1 unspecified atom stereocenters. The Hall–Kier alpha value is -3.43. The van der Waals surface area contributed by atoms with Crippen molar-refractivity contribution in [3.05, 3.63) is 54.6 Å². The third-order valence-electron chi connectivity index (χ3n) is 4.99. The number of H-pyrrole nitrogens is 1. The summed E-state index contributed by atoms with van der Waals surface area (Å²) in [6, 6.07) is 4.65. The van der Waals surface area contributed by atoms with Gasteiger partial charge in [0.25, 0.3) is 6.43 Å². The van der Waals surface area contributed by atoms with Gasteiger partial charge in [0.1, 0.15) is 23.5 Å². The Morgan fingerprint density at radius 1 is 1.14 bits per heavy atom. The van der Waals surface area contributed by atoms with Crippen molar-refractivity contribution >= 4 is 11.5 Å². The van der Waals surface area contributed by atoms with E-state index in [0.29, 0.717) is 23.0 Å². The molecule has 5 heterocycles. The van der Waals surface area contributed by atoms with E-state index >= 15 is 0 Å². The maximum absolute atomic E-state index is 13.0. The highest BCUT2D eigenvalue weighted by Gasteiger charge is 2.26. The summed E-state index contributed by atoms with van der Waals surface area (Å²) < 4.78 is 27.4. The number of anilines is 1. The molecule has 1 fully saturated rings. The van der Waals surface area contributed by atoms with Crippen LogP contribution in [0.2, 0.25) is 0 Å². The first-order valence-electron chi connectivity index (χ1n) is 8.87. The molecule has 4 aromatic rings. The topological polar surface area (TPSA) is 87.9 Å². The van der Waals surface area contributed by atoms with E-state index in [1.807, 2.05) is 12.3 Å². The van der Waals surface area contributed by atoms with Gasteiger partial charge in [-0.15, -0.1) is 0 Å². The van der Waals surface area contributed by atoms with E-state index in [0.717, 1.165) is 31.0 Å². The van der Waals surface area contributed by atoms with E-state index in [2.05, 4.69) is 34.9 Å². The van der Waals surface area contributed by atoms with Crippen molar-refractivity contribution in [1.29, 1.82) is 0 Å². The molecule has 4 aromatic heterocycles. The van der Waals surface area contributed by atoms with Gasteiger partial charge >= 0.3 is 0 Å². The van der Waals surface area contributed by atoms with E-state index in [1.54, 1.807) is 12.5 Å². The van der Waals surface area contributed by atoms with Crippen LogP contribution in [-0.4, -0.2) is 47.6 Å². The normalized spacial score (nSPS) is 17.1. The van der Waals surface area contributed by atoms with Crippen LogP contribution in [0.5, 0.6) is 0 Å². The van der Waals surface area contributed by atoms with Gasteiger partial charge in [0.05, 0.1) is 18.2 Å². The molecule has 10 heteroatoms. The minimum atomic E-state index is -2.65. The molecular formula is C18H16F2N8. The van der Waals surface area contributed by atoms with Crippen LogP contribution in [0.1, 0.15) is 30.2 Å². The largest absolute Gasteiger partial charge is 0.356 e. The lowest BCUT2D eigenvalue weighted by atomic mass is 10.1. The molecule has 28 heavy (non-hydrogen) atoms. The molecule has 8 nitrogen and oxygen atoms in total. The lowest BCUT2D eigenvalue weighted by molar-refractivity contribution is 0.144. The van der Waals surface area contributed by atoms with Crippen LogP contribution < -0.4 is 4.90 Å². The van der Waals surface area contributed by atoms with Crippen LogP contribution in [0.3, 0.4) is 0 Å².